The maximum atomic E-state index is 12.6. The average Bonchev–Trinajstić information content (AvgIpc) is 3.33. The van der Waals surface area contributed by atoms with Gasteiger partial charge >= 0.3 is 0 Å². The lowest BCUT2D eigenvalue weighted by molar-refractivity contribution is -0.126. The van der Waals surface area contributed by atoms with E-state index in [2.05, 4.69) is 21.3 Å². The minimum Gasteiger partial charge on any atom is -0.463 e. The highest BCUT2D eigenvalue weighted by molar-refractivity contribution is 5.78. The summed E-state index contributed by atoms with van der Waals surface area (Å²) in [6.07, 6.45) is 9.85. The van der Waals surface area contributed by atoms with Crippen molar-refractivity contribution in [3.05, 3.63) is 36.0 Å². The molecule has 0 aromatic carbocycles. The fraction of sp³-hybridized carbons (Fsp3) is 0.625. The van der Waals surface area contributed by atoms with Crippen molar-refractivity contribution in [2.45, 2.75) is 63.8 Å². The summed E-state index contributed by atoms with van der Waals surface area (Å²) < 4.78 is 5.56. The summed E-state index contributed by atoms with van der Waals surface area (Å²) in [4.78, 5) is 24.5. The maximum Gasteiger partial charge on any atom is 0.223 e. The van der Waals surface area contributed by atoms with E-state index < -0.39 is 0 Å². The molecule has 6 nitrogen and oxygen atoms in total. The number of carbonyl (C=O) groups is 1. The van der Waals surface area contributed by atoms with Gasteiger partial charge in [-0.15, -0.1) is 0 Å². The number of amides is 1. The lowest BCUT2D eigenvalue weighted by Crippen LogP contribution is -2.56. The van der Waals surface area contributed by atoms with Gasteiger partial charge in [-0.3, -0.25) is 9.69 Å². The van der Waals surface area contributed by atoms with Gasteiger partial charge < -0.3 is 9.73 Å². The van der Waals surface area contributed by atoms with Gasteiger partial charge in [-0.25, -0.2) is 9.97 Å². The Bertz CT molecular complexity index is 875. The normalized spacial score (nSPS) is 29.1. The maximum absolute atomic E-state index is 12.6. The largest absolute Gasteiger partial charge is 0.463 e. The number of carbonyl (C=O) groups excluding carboxylic acids is 1. The first-order valence-corrected chi connectivity index (χ1v) is 11.6. The van der Waals surface area contributed by atoms with E-state index in [1.54, 1.807) is 6.26 Å². The first-order valence-electron chi connectivity index (χ1n) is 11.6. The summed E-state index contributed by atoms with van der Waals surface area (Å²) in [5, 5.41) is 3.28. The molecule has 6 heteroatoms. The van der Waals surface area contributed by atoms with E-state index in [-0.39, 0.29) is 11.8 Å². The Morgan fingerprint density at radius 2 is 2.10 bits per heavy atom. The first-order chi connectivity index (χ1) is 14.7. The van der Waals surface area contributed by atoms with Crippen LogP contribution in [-0.2, 0) is 4.79 Å². The van der Waals surface area contributed by atoms with Crippen LogP contribution in [0.25, 0.3) is 11.5 Å². The van der Waals surface area contributed by atoms with Crippen molar-refractivity contribution < 1.29 is 9.21 Å². The van der Waals surface area contributed by atoms with Gasteiger partial charge in [0, 0.05) is 36.7 Å². The Morgan fingerprint density at radius 1 is 1.23 bits per heavy atom. The highest BCUT2D eigenvalue weighted by Crippen LogP contribution is 2.41. The molecule has 4 unspecified atom stereocenters. The molecule has 6 rings (SSSR count). The molecule has 3 aliphatic heterocycles. The summed E-state index contributed by atoms with van der Waals surface area (Å²) in [6, 6.07) is 6.41. The van der Waals surface area contributed by atoms with Crippen molar-refractivity contribution in [2.75, 3.05) is 19.6 Å². The Kier molecular flexibility index (Phi) is 5.59. The van der Waals surface area contributed by atoms with Crippen molar-refractivity contribution in [3.63, 3.8) is 0 Å². The molecule has 1 N–H and O–H groups in total. The number of furan rings is 1. The van der Waals surface area contributed by atoms with Crippen LogP contribution in [0, 0.1) is 18.8 Å². The molecule has 2 aromatic rings. The number of hydrogen-bond donors (Lipinski definition) is 1. The van der Waals surface area contributed by atoms with E-state index in [9.17, 15) is 4.79 Å². The van der Waals surface area contributed by atoms with Crippen molar-refractivity contribution >= 4 is 5.91 Å². The smallest absolute Gasteiger partial charge is 0.223 e. The molecule has 0 radical (unpaired) electrons. The molecule has 4 atom stereocenters. The molecule has 2 bridgehead atoms. The van der Waals surface area contributed by atoms with Crippen molar-refractivity contribution in [1.29, 1.82) is 0 Å². The van der Waals surface area contributed by atoms with Crippen LogP contribution in [0.1, 0.15) is 62.4 Å². The fourth-order valence-electron chi connectivity index (χ4n) is 5.74. The number of piperidine rings is 3. The van der Waals surface area contributed by atoms with E-state index in [4.69, 9.17) is 9.40 Å². The summed E-state index contributed by atoms with van der Waals surface area (Å²) >= 11 is 0. The summed E-state index contributed by atoms with van der Waals surface area (Å²) in [6.45, 7) is 4.89. The molecule has 2 aromatic heterocycles. The highest BCUT2D eigenvalue weighted by Gasteiger charge is 2.41. The summed E-state index contributed by atoms with van der Waals surface area (Å²) in [5.74, 6) is 3.16. The van der Waals surface area contributed by atoms with Crippen LogP contribution in [0.4, 0.5) is 0 Å². The van der Waals surface area contributed by atoms with E-state index in [1.807, 2.05) is 19.1 Å². The van der Waals surface area contributed by atoms with Crippen LogP contribution in [0.2, 0.25) is 0 Å². The Labute approximate surface area is 178 Å². The van der Waals surface area contributed by atoms with Crippen LogP contribution in [0.5, 0.6) is 0 Å². The molecule has 4 aliphatic rings. The SMILES string of the molecule is Cc1nc(-c2ccco2)cc(C2CN3CCC2CC3CNC(=O)C2CCCCC2)n1. The number of nitrogens with zero attached hydrogens (tertiary/aromatic N) is 3. The molecule has 30 heavy (non-hydrogen) atoms. The third-order valence-corrected chi connectivity index (χ3v) is 7.38. The summed E-state index contributed by atoms with van der Waals surface area (Å²) in [7, 11) is 0. The zero-order chi connectivity index (χ0) is 20.5. The molecule has 4 fully saturated rings. The molecule has 160 valence electrons. The molecule has 1 amide bonds. The number of aromatic nitrogens is 2. The quantitative estimate of drug-likeness (QED) is 0.812. The van der Waals surface area contributed by atoms with Crippen LogP contribution in [-0.4, -0.2) is 46.5 Å². The molecular formula is C24H32N4O2. The fourth-order valence-corrected chi connectivity index (χ4v) is 5.74. The van der Waals surface area contributed by atoms with Gasteiger partial charge in [0.2, 0.25) is 5.91 Å². The topological polar surface area (TPSA) is 71.3 Å². The minimum atomic E-state index is 0.242. The lowest BCUT2D eigenvalue weighted by atomic mass is 9.74. The molecule has 0 spiro atoms. The van der Waals surface area contributed by atoms with Gasteiger partial charge in [-0.2, -0.15) is 0 Å². The van der Waals surface area contributed by atoms with Gasteiger partial charge in [0.1, 0.15) is 11.5 Å². The number of hydrogen-bond acceptors (Lipinski definition) is 5. The van der Waals surface area contributed by atoms with Gasteiger partial charge in [0.05, 0.1) is 6.26 Å². The third kappa shape index (κ3) is 4.02. The second-order valence-corrected chi connectivity index (χ2v) is 9.32. The van der Waals surface area contributed by atoms with E-state index in [0.29, 0.717) is 17.9 Å². The second kappa shape index (κ2) is 8.50. The molecule has 1 saturated carbocycles. The van der Waals surface area contributed by atoms with E-state index in [0.717, 1.165) is 61.9 Å². The van der Waals surface area contributed by atoms with Gasteiger partial charge in [-0.1, -0.05) is 19.3 Å². The number of fused-ring (bicyclic) bond motifs is 3. The van der Waals surface area contributed by atoms with E-state index >= 15 is 0 Å². The van der Waals surface area contributed by atoms with Crippen molar-refractivity contribution in [2.24, 2.45) is 11.8 Å². The predicted molar refractivity (Wildman–Crippen MR) is 115 cm³/mol. The standard InChI is InChI=1S/C24H32N4O2/c1-16-26-21(13-22(27-16)23-8-5-11-30-23)20-15-28-10-9-18(20)12-19(28)14-25-24(29)17-6-3-2-4-7-17/h5,8,11,13,17-20H,2-4,6-7,9-10,12,14-15H2,1H3,(H,25,29). The van der Waals surface area contributed by atoms with Crippen LogP contribution in [0.15, 0.2) is 28.9 Å². The number of aryl methyl sites for hydroxylation is 1. The first kappa shape index (κ1) is 19.7. The Morgan fingerprint density at radius 3 is 2.83 bits per heavy atom. The van der Waals surface area contributed by atoms with Crippen LogP contribution in [0.3, 0.4) is 0 Å². The van der Waals surface area contributed by atoms with Crippen LogP contribution >= 0.6 is 0 Å². The van der Waals surface area contributed by atoms with Crippen molar-refractivity contribution in [1.82, 2.24) is 20.2 Å². The van der Waals surface area contributed by atoms with Crippen molar-refractivity contribution in [3.8, 4) is 11.5 Å². The number of rotatable bonds is 5. The minimum absolute atomic E-state index is 0.242. The van der Waals surface area contributed by atoms with Gasteiger partial charge in [0.15, 0.2) is 5.76 Å². The zero-order valence-electron chi connectivity index (χ0n) is 17.8. The molecule has 3 saturated heterocycles. The predicted octanol–water partition coefficient (Wildman–Crippen LogP) is 3.92. The summed E-state index contributed by atoms with van der Waals surface area (Å²) in [5.41, 5.74) is 2.00. The number of nitrogens with one attached hydrogen (secondary N) is 1. The monoisotopic (exact) mass is 408 g/mol. The van der Waals surface area contributed by atoms with E-state index in [1.165, 1.54) is 25.7 Å². The lowest BCUT2D eigenvalue weighted by Gasteiger charge is -2.49. The molecule has 5 heterocycles. The Hall–Kier alpha value is -2.21. The highest BCUT2D eigenvalue weighted by atomic mass is 16.3. The second-order valence-electron chi connectivity index (χ2n) is 9.32. The molecular weight excluding hydrogens is 376 g/mol. The Balaban J connectivity index is 1.24. The third-order valence-electron chi connectivity index (χ3n) is 7.38. The average molecular weight is 409 g/mol. The zero-order valence-corrected chi connectivity index (χ0v) is 17.8. The van der Waals surface area contributed by atoms with Crippen LogP contribution < -0.4 is 5.32 Å². The molecule has 1 aliphatic carbocycles. The van der Waals surface area contributed by atoms with Gasteiger partial charge in [0.25, 0.3) is 0 Å². The van der Waals surface area contributed by atoms with Gasteiger partial charge in [-0.05, 0) is 63.3 Å².